The van der Waals surface area contributed by atoms with Gasteiger partial charge in [-0.2, -0.15) is 0 Å². The SMILES string of the molecule is CC(C)C(NC(=O)c1ccco1)C(=O)NNc1c(Cl)cc(Cl)cc1Cl. The molecule has 1 heterocycles. The van der Waals surface area contributed by atoms with Gasteiger partial charge < -0.3 is 9.73 Å². The zero-order valence-electron chi connectivity index (χ0n) is 13.4. The molecule has 0 fully saturated rings. The molecule has 1 aromatic carbocycles. The number of benzene rings is 1. The number of carbonyl (C=O) groups is 2. The van der Waals surface area contributed by atoms with Crippen molar-refractivity contribution in [3.8, 4) is 0 Å². The van der Waals surface area contributed by atoms with E-state index in [0.717, 1.165) is 0 Å². The molecule has 6 nitrogen and oxygen atoms in total. The Kier molecular flexibility index (Phi) is 6.58. The number of halogens is 3. The fourth-order valence-corrected chi connectivity index (χ4v) is 2.93. The maximum Gasteiger partial charge on any atom is 0.287 e. The molecule has 1 atom stereocenters. The van der Waals surface area contributed by atoms with E-state index in [9.17, 15) is 9.59 Å². The van der Waals surface area contributed by atoms with Crippen molar-refractivity contribution in [3.63, 3.8) is 0 Å². The third-order valence-corrected chi connectivity index (χ3v) is 4.11. The van der Waals surface area contributed by atoms with E-state index in [1.54, 1.807) is 19.9 Å². The van der Waals surface area contributed by atoms with E-state index >= 15 is 0 Å². The number of rotatable bonds is 6. The summed E-state index contributed by atoms with van der Waals surface area (Å²) >= 11 is 17.9. The lowest BCUT2D eigenvalue weighted by Crippen LogP contribution is -2.51. The van der Waals surface area contributed by atoms with Crippen LogP contribution in [-0.2, 0) is 4.79 Å². The summed E-state index contributed by atoms with van der Waals surface area (Å²) in [6, 6.07) is 5.28. The van der Waals surface area contributed by atoms with Crippen molar-refractivity contribution in [2.75, 3.05) is 5.43 Å². The number of hydrazine groups is 1. The quantitative estimate of drug-likeness (QED) is 0.632. The minimum Gasteiger partial charge on any atom is -0.459 e. The third-order valence-electron chi connectivity index (χ3n) is 3.30. The summed E-state index contributed by atoms with van der Waals surface area (Å²) in [5.74, 6) is -0.995. The first-order chi connectivity index (χ1) is 11.8. The zero-order chi connectivity index (χ0) is 18.6. The summed E-state index contributed by atoms with van der Waals surface area (Å²) in [6.07, 6.45) is 1.38. The molecule has 0 aliphatic heterocycles. The molecule has 2 amide bonds. The van der Waals surface area contributed by atoms with Crippen molar-refractivity contribution in [3.05, 3.63) is 51.4 Å². The van der Waals surface area contributed by atoms with Gasteiger partial charge in [0.05, 0.1) is 22.0 Å². The van der Waals surface area contributed by atoms with Gasteiger partial charge >= 0.3 is 0 Å². The van der Waals surface area contributed by atoms with E-state index in [-0.39, 0.29) is 21.7 Å². The Bertz CT molecular complexity index is 740. The lowest BCUT2D eigenvalue weighted by molar-refractivity contribution is -0.123. The number of amides is 2. The summed E-state index contributed by atoms with van der Waals surface area (Å²) in [5.41, 5.74) is 5.45. The van der Waals surface area contributed by atoms with Gasteiger partial charge in [-0.3, -0.25) is 20.4 Å². The predicted molar refractivity (Wildman–Crippen MR) is 98.0 cm³/mol. The first-order valence-electron chi connectivity index (χ1n) is 7.34. The lowest BCUT2D eigenvalue weighted by atomic mass is 10.0. The van der Waals surface area contributed by atoms with E-state index in [4.69, 9.17) is 39.2 Å². The molecule has 0 aliphatic carbocycles. The van der Waals surface area contributed by atoms with Crippen molar-refractivity contribution >= 4 is 52.3 Å². The Morgan fingerprint density at radius 2 is 1.76 bits per heavy atom. The highest BCUT2D eigenvalue weighted by Gasteiger charge is 2.25. The van der Waals surface area contributed by atoms with Crippen LogP contribution in [0.2, 0.25) is 15.1 Å². The molecular weight excluding hydrogens is 389 g/mol. The van der Waals surface area contributed by atoms with Crippen LogP contribution >= 0.6 is 34.8 Å². The normalized spacial score (nSPS) is 11.9. The van der Waals surface area contributed by atoms with E-state index in [2.05, 4.69) is 16.2 Å². The molecule has 0 radical (unpaired) electrons. The molecule has 1 aromatic heterocycles. The van der Waals surface area contributed by atoms with Gasteiger partial charge in [0.1, 0.15) is 6.04 Å². The van der Waals surface area contributed by atoms with Crippen LogP contribution in [-0.4, -0.2) is 17.9 Å². The summed E-state index contributed by atoms with van der Waals surface area (Å²) in [6.45, 7) is 3.60. The lowest BCUT2D eigenvalue weighted by Gasteiger charge is -2.22. The zero-order valence-corrected chi connectivity index (χ0v) is 15.7. The van der Waals surface area contributed by atoms with Gasteiger partial charge in [-0.15, -0.1) is 0 Å². The van der Waals surface area contributed by atoms with Crippen LogP contribution < -0.4 is 16.2 Å². The van der Waals surface area contributed by atoms with Gasteiger partial charge in [0.2, 0.25) is 0 Å². The molecule has 25 heavy (non-hydrogen) atoms. The Balaban J connectivity index is 2.05. The van der Waals surface area contributed by atoms with E-state index < -0.39 is 17.9 Å². The van der Waals surface area contributed by atoms with Crippen molar-refractivity contribution in [2.24, 2.45) is 5.92 Å². The topological polar surface area (TPSA) is 83.4 Å². The number of nitrogens with one attached hydrogen (secondary N) is 3. The van der Waals surface area contributed by atoms with Crippen LogP contribution in [0.4, 0.5) is 5.69 Å². The number of hydrogen-bond acceptors (Lipinski definition) is 4. The van der Waals surface area contributed by atoms with Gasteiger partial charge in [-0.05, 0) is 30.2 Å². The van der Waals surface area contributed by atoms with Gasteiger partial charge in [0.25, 0.3) is 11.8 Å². The van der Waals surface area contributed by atoms with Crippen molar-refractivity contribution in [2.45, 2.75) is 19.9 Å². The van der Waals surface area contributed by atoms with E-state index in [0.29, 0.717) is 10.7 Å². The largest absolute Gasteiger partial charge is 0.459 e. The second kappa shape index (κ2) is 8.47. The molecule has 134 valence electrons. The van der Waals surface area contributed by atoms with Gasteiger partial charge in [-0.25, -0.2) is 0 Å². The molecule has 0 bridgehead atoms. The molecular formula is C16H16Cl3N3O3. The Morgan fingerprint density at radius 3 is 2.28 bits per heavy atom. The summed E-state index contributed by atoms with van der Waals surface area (Å²) in [5, 5.41) is 3.49. The highest BCUT2D eigenvalue weighted by molar-refractivity contribution is 6.41. The minimum absolute atomic E-state index is 0.121. The molecule has 0 saturated heterocycles. The average molecular weight is 405 g/mol. The molecule has 0 saturated carbocycles. The second-order valence-electron chi connectivity index (χ2n) is 5.53. The number of furan rings is 1. The summed E-state index contributed by atoms with van der Waals surface area (Å²) < 4.78 is 5.02. The smallest absolute Gasteiger partial charge is 0.287 e. The van der Waals surface area contributed by atoms with Crippen LogP contribution in [0, 0.1) is 5.92 Å². The van der Waals surface area contributed by atoms with Crippen LogP contribution in [0.3, 0.4) is 0 Å². The molecule has 2 aromatic rings. The van der Waals surface area contributed by atoms with Crippen molar-refractivity contribution < 1.29 is 14.0 Å². The first-order valence-corrected chi connectivity index (χ1v) is 8.47. The predicted octanol–water partition coefficient (Wildman–Crippen LogP) is 4.14. The van der Waals surface area contributed by atoms with E-state index in [1.165, 1.54) is 24.5 Å². The standard InChI is InChI=1S/C16H16Cl3N3O3/c1-8(2)13(20-15(23)12-4-3-5-25-12)16(24)22-21-14-10(18)6-9(17)7-11(14)19/h3-8,13,21H,1-2H3,(H,20,23)(H,22,24). The minimum atomic E-state index is -0.796. The van der Waals surface area contributed by atoms with Gasteiger partial charge in [0, 0.05) is 5.02 Å². The molecule has 2 rings (SSSR count). The number of anilines is 1. The van der Waals surface area contributed by atoms with Gasteiger partial charge in [-0.1, -0.05) is 48.7 Å². The van der Waals surface area contributed by atoms with E-state index in [1.807, 2.05) is 0 Å². The van der Waals surface area contributed by atoms with Crippen LogP contribution in [0.5, 0.6) is 0 Å². The fourth-order valence-electron chi connectivity index (χ4n) is 2.02. The second-order valence-corrected chi connectivity index (χ2v) is 6.78. The maximum atomic E-state index is 12.4. The Morgan fingerprint density at radius 1 is 1.12 bits per heavy atom. The molecule has 3 N–H and O–H groups in total. The van der Waals surface area contributed by atoms with Crippen LogP contribution in [0.1, 0.15) is 24.4 Å². The molecule has 0 aliphatic rings. The van der Waals surface area contributed by atoms with Crippen molar-refractivity contribution in [1.29, 1.82) is 0 Å². The highest BCUT2D eigenvalue weighted by Crippen LogP contribution is 2.33. The summed E-state index contributed by atoms with van der Waals surface area (Å²) in [4.78, 5) is 24.5. The average Bonchev–Trinajstić information content (AvgIpc) is 3.05. The van der Waals surface area contributed by atoms with Crippen LogP contribution in [0.15, 0.2) is 34.9 Å². The highest BCUT2D eigenvalue weighted by atomic mass is 35.5. The summed E-state index contributed by atoms with van der Waals surface area (Å²) in [7, 11) is 0. The number of hydrogen-bond donors (Lipinski definition) is 3. The van der Waals surface area contributed by atoms with Gasteiger partial charge in [0.15, 0.2) is 5.76 Å². The fraction of sp³-hybridized carbons (Fsp3) is 0.250. The van der Waals surface area contributed by atoms with Crippen LogP contribution in [0.25, 0.3) is 0 Å². The Labute approximate surface area is 159 Å². The third kappa shape index (κ3) is 5.04. The maximum absolute atomic E-state index is 12.4. The Hall–Kier alpha value is -1.89. The monoisotopic (exact) mass is 403 g/mol. The first kappa shape index (κ1) is 19.4. The number of carbonyl (C=O) groups excluding carboxylic acids is 2. The van der Waals surface area contributed by atoms with Crippen molar-refractivity contribution in [1.82, 2.24) is 10.7 Å². The molecule has 9 heteroatoms. The molecule has 0 spiro atoms. The molecule has 1 unspecified atom stereocenters.